The lowest BCUT2D eigenvalue weighted by Crippen LogP contribution is -2.03. The lowest BCUT2D eigenvalue weighted by atomic mass is 10.2. The van der Waals surface area contributed by atoms with Crippen LogP contribution in [0.25, 0.3) is 0 Å². The highest BCUT2D eigenvalue weighted by atomic mass is 16.5. The third-order valence-electron chi connectivity index (χ3n) is 2.26. The molecule has 0 radical (unpaired) electrons. The van der Waals surface area contributed by atoms with Crippen LogP contribution in [0.15, 0.2) is 29.4 Å². The van der Waals surface area contributed by atoms with Gasteiger partial charge in [0, 0.05) is 5.56 Å². The summed E-state index contributed by atoms with van der Waals surface area (Å²) >= 11 is 0. The summed E-state index contributed by atoms with van der Waals surface area (Å²) in [4.78, 5) is 11.7. The first-order chi connectivity index (χ1) is 9.72. The maximum atomic E-state index is 9.57. The van der Waals surface area contributed by atoms with Crippen LogP contribution in [0.3, 0.4) is 0 Å². The van der Waals surface area contributed by atoms with Crippen molar-refractivity contribution in [1.29, 1.82) is 0 Å². The van der Waals surface area contributed by atoms with Crippen LogP contribution in [0.2, 0.25) is 0 Å². The number of ether oxygens (including phenoxy) is 2. The van der Waals surface area contributed by atoms with Crippen molar-refractivity contribution in [3.63, 3.8) is 0 Å². The highest BCUT2D eigenvalue weighted by Gasteiger charge is 2.05. The number of benzene rings is 1. The molecule has 0 aliphatic rings. The summed E-state index contributed by atoms with van der Waals surface area (Å²) in [6.07, 6.45) is 1.44. The van der Waals surface area contributed by atoms with Gasteiger partial charge in [0.25, 0.3) is 5.95 Å². The topological polar surface area (TPSA) is 102 Å². The maximum absolute atomic E-state index is 9.57. The molecule has 2 aromatic rings. The Morgan fingerprint density at radius 3 is 2.35 bits per heavy atom. The summed E-state index contributed by atoms with van der Waals surface area (Å²) in [7, 11) is 2.87. The van der Waals surface area contributed by atoms with E-state index in [9.17, 15) is 5.11 Å². The monoisotopic (exact) mass is 275 g/mol. The third kappa shape index (κ3) is 3.31. The zero-order chi connectivity index (χ0) is 14.4. The molecule has 2 N–H and O–H groups in total. The number of para-hydroxylation sites is 1. The Hall–Kier alpha value is -2.90. The van der Waals surface area contributed by atoms with Gasteiger partial charge >= 0.3 is 12.0 Å². The number of phenolic OH excluding ortho intramolecular Hbond substituents is 1. The normalized spacial score (nSPS) is 10.5. The van der Waals surface area contributed by atoms with Gasteiger partial charge in [-0.1, -0.05) is 12.1 Å². The van der Waals surface area contributed by atoms with Gasteiger partial charge in [0.2, 0.25) is 0 Å². The van der Waals surface area contributed by atoms with Gasteiger partial charge in [-0.15, -0.1) is 4.98 Å². The van der Waals surface area contributed by atoms with E-state index in [1.54, 1.807) is 24.3 Å². The molecule has 0 spiro atoms. The van der Waals surface area contributed by atoms with Crippen molar-refractivity contribution in [3.05, 3.63) is 29.8 Å². The smallest absolute Gasteiger partial charge is 0.324 e. The molecular formula is C12H13N5O3. The molecule has 8 heteroatoms. The summed E-state index contributed by atoms with van der Waals surface area (Å²) < 4.78 is 9.81. The van der Waals surface area contributed by atoms with Crippen molar-refractivity contribution in [2.24, 2.45) is 5.10 Å². The van der Waals surface area contributed by atoms with Gasteiger partial charge in [0.1, 0.15) is 5.75 Å². The zero-order valence-corrected chi connectivity index (χ0v) is 10.9. The van der Waals surface area contributed by atoms with E-state index in [1.165, 1.54) is 20.4 Å². The molecule has 0 saturated carbocycles. The Bertz CT molecular complexity index is 596. The first kappa shape index (κ1) is 13.5. The van der Waals surface area contributed by atoms with E-state index >= 15 is 0 Å². The molecule has 104 valence electrons. The zero-order valence-electron chi connectivity index (χ0n) is 10.9. The largest absolute Gasteiger partial charge is 0.507 e. The second-order valence-electron chi connectivity index (χ2n) is 3.56. The molecule has 0 fully saturated rings. The molecule has 0 aliphatic carbocycles. The fourth-order valence-corrected chi connectivity index (χ4v) is 1.33. The van der Waals surface area contributed by atoms with Crippen LogP contribution in [0.1, 0.15) is 5.56 Å². The minimum atomic E-state index is 0.108. The van der Waals surface area contributed by atoms with E-state index in [0.29, 0.717) is 5.56 Å². The van der Waals surface area contributed by atoms with Crippen molar-refractivity contribution in [1.82, 2.24) is 15.0 Å². The minimum absolute atomic E-state index is 0.108. The van der Waals surface area contributed by atoms with Crippen molar-refractivity contribution in [2.75, 3.05) is 19.6 Å². The highest BCUT2D eigenvalue weighted by Crippen LogP contribution is 2.14. The number of hydrogen-bond donors (Lipinski definition) is 2. The number of phenols is 1. The first-order valence-electron chi connectivity index (χ1n) is 5.64. The molecule has 0 atom stereocenters. The molecule has 20 heavy (non-hydrogen) atoms. The Balaban J connectivity index is 2.12. The number of hydrogen-bond acceptors (Lipinski definition) is 8. The SMILES string of the molecule is COc1nc(NN=Cc2ccccc2O)nc(OC)n1. The van der Waals surface area contributed by atoms with Gasteiger partial charge in [-0.05, 0) is 12.1 Å². The highest BCUT2D eigenvalue weighted by molar-refractivity contribution is 5.83. The summed E-state index contributed by atoms with van der Waals surface area (Å²) in [6.45, 7) is 0. The van der Waals surface area contributed by atoms with Gasteiger partial charge in [-0.2, -0.15) is 15.1 Å². The number of nitrogens with zero attached hydrogens (tertiary/aromatic N) is 4. The molecule has 1 heterocycles. The molecule has 8 nitrogen and oxygen atoms in total. The molecule has 0 saturated heterocycles. The summed E-state index contributed by atoms with van der Waals surface area (Å²) in [6, 6.07) is 7.01. The van der Waals surface area contributed by atoms with E-state index in [1.807, 2.05) is 0 Å². The number of aromatic hydroxyl groups is 1. The Morgan fingerprint density at radius 1 is 1.10 bits per heavy atom. The van der Waals surface area contributed by atoms with Crippen LogP contribution in [-0.4, -0.2) is 40.5 Å². The first-order valence-corrected chi connectivity index (χ1v) is 5.64. The Morgan fingerprint density at radius 2 is 1.75 bits per heavy atom. The van der Waals surface area contributed by atoms with Gasteiger partial charge in [-0.3, -0.25) is 0 Å². The number of rotatable bonds is 5. The van der Waals surface area contributed by atoms with E-state index in [-0.39, 0.29) is 23.7 Å². The van der Waals surface area contributed by atoms with E-state index < -0.39 is 0 Å². The fraction of sp³-hybridized carbons (Fsp3) is 0.167. The second kappa shape index (κ2) is 6.32. The van der Waals surface area contributed by atoms with Gasteiger partial charge in [0.05, 0.1) is 20.4 Å². The standard InChI is InChI=1S/C12H13N5O3/c1-19-11-14-10(15-12(16-11)20-2)17-13-7-8-5-3-4-6-9(8)18/h3-7,18H,1-2H3,(H,14,15,16,17). The van der Waals surface area contributed by atoms with Crippen molar-refractivity contribution >= 4 is 12.2 Å². The Kier molecular flexibility index (Phi) is 4.28. The molecule has 2 rings (SSSR count). The maximum Gasteiger partial charge on any atom is 0.324 e. The molecule has 0 unspecified atom stereocenters. The van der Waals surface area contributed by atoms with Crippen LogP contribution in [-0.2, 0) is 0 Å². The van der Waals surface area contributed by atoms with Crippen molar-refractivity contribution < 1.29 is 14.6 Å². The van der Waals surface area contributed by atoms with Crippen LogP contribution in [0.4, 0.5) is 5.95 Å². The molecule has 0 aliphatic heterocycles. The van der Waals surface area contributed by atoms with E-state index in [2.05, 4.69) is 25.5 Å². The van der Waals surface area contributed by atoms with E-state index in [4.69, 9.17) is 9.47 Å². The quantitative estimate of drug-likeness (QED) is 0.621. The lowest BCUT2D eigenvalue weighted by molar-refractivity contribution is 0.341. The van der Waals surface area contributed by atoms with Crippen LogP contribution < -0.4 is 14.9 Å². The predicted octanol–water partition coefficient (Wildman–Crippen LogP) is 1.04. The lowest BCUT2D eigenvalue weighted by Gasteiger charge is -2.04. The Labute approximate surface area is 115 Å². The van der Waals surface area contributed by atoms with Gasteiger partial charge in [-0.25, -0.2) is 5.43 Å². The van der Waals surface area contributed by atoms with Gasteiger partial charge < -0.3 is 14.6 Å². The van der Waals surface area contributed by atoms with E-state index in [0.717, 1.165) is 0 Å². The number of aromatic nitrogens is 3. The average molecular weight is 275 g/mol. The van der Waals surface area contributed by atoms with Crippen molar-refractivity contribution in [2.45, 2.75) is 0 Å². The van der Waals surface area contributed by atoms with Crippen molar-refractivity contribution in [3.8, 4) is 17.8 Å². The number of nitrogens with one attached hydrogen (secondary N) is 1. The van der Waals surface area contributed by atoms with Crippen LogP contribution >= 0.6 is 0 Å². The molecule has 1 aromatic heterocycles. The minimum Gasteiger partial charge on any atom is -0.507 e. The molecule has 0 bridgehead atoms. The summed E-state index contributed by atoms with van der Waals surface area (Å²) in [5, 5.41) is 13.5. The summed E-state index contributed by atoms with van der Waals surface area (Å²) in [5.41, 5.74) is 3.17. The van der Waals surface area contributed by atoms with Crippen LogP contribution in [0.5, 0.6) is 17.8 Å². The number of methoxy groups -OCH3 is 2. The fourth-order valence-electron chi connectivity index (χ4n) is 1.33. The third-order valence-corrected chi connectivity index (χ3v) is 2.26. The average Bonchev–Trinajstić information content (AvgIpc) is 2.48. The summed E-state index contributed by atoms with van der Waals surface area (Å²) in [5.74, 6) is 0.296. The second-order valence-corrected chi connectivity index (χ2v) is 3.56. The molecule has 0 amide bonds. The number of anilines is 1. The predicted molar refractivity (Wildman–Crippen MR) is 72.3 cm³/mol. The van der Waals surface area contributed by atoms with Gasteiger partial charge in [0.15, 0.2) is 0 Å². The van der Waals surface area contributed by atoms with Crippen LogP contribution in [0, 0.1) is 0 Å². The number of hydrazone groups is 1. The molecular weight excluding hydrogens is 262 g/mol. The molecule has 1 aromatic carbocycles.